The number of carboxylic acid groups (broad SMARTS) is 1. The molecule has 1 amide bonds. The number of aryl methyl sites for hydroxylation is 1. The Morgan fingerprint density at radius 1 is 1.35 bits per heavy atom. The minimum Gasteiger partial charge on any atom is -0.481 e. The van der Waals surface area contributed by atoms with Crippen molar-refractivity contribution in [1.82, 2.24) is 4.90 Å². The number of aliphatic carboxylic acids is 1. The van der Waals surface area contributed by atoms with Gasteiger partial charge in [-0.05, 0) is 31.9 Å². The van der Waals surface area contributed by atoms with E-state index in [2.05, 4.69) is 0 Å². The Bertz CT molecular complexity index is 500. The highest BCUT2D eigenvalue weighted by Gasteiger charge is 2.43. The van der Waals surface area contributed by atoms with Gasteiger partial charge in [-0.1, -0.05) is 12.8 Å². The molecule has 1 heterocycles. The first-order valence-electron chi connectivity index (χ1n) is 6.96. The summed E-state index contributed by atoms with van der Waals surface area (Å²) in [6.07, 6.45) is 3.06. The van der Waals surface area contributed by atoms with Crippen molar-refractivity contribution in [2.24, 2.45) is 5.41 Å². The number of hydrogen-bond donors (Lipinski definition) is 1. The van der Waals surface area contributed by atoms with Crippen LogP contribution in [0, 0.1) is 12.3 Å². The Morgan fingerprint density at radius 3 is 2.50 bits per heavy atom. The van der Waals surface area contributed by atoms with Crippen molar-refractivity contribution in [2.45, 2.75) is 45.6 Å². The molecule has 0 saturated heterocycles. The van der Waals surface area contributed by atoms with Crippen LogP contribution in [0.4, 0.5) is 0 Å². The summed E-state index contributed by atoms with van der Waals surface area (Å²) in [5, 5.41) is 9.40. The maximum atomic E-state index is 12.2. The molecule has 1 aliphatic rings. The van der Waals surface area contributed by atoms with Crippen molar-refractivity contribution in [1.29, 1.82) is 0 Å². The van der Waals surface area contributed by atoms with Crippen molar-refractivity contribution < 1.29 is 19.1 Å². The third-order valence-corrected chi connectivity index (χ3v) is 4.12. The fourth-order valence-corrected chi connectivity index (χ4v) is 2.83. The lowest BCUT2D eigenvalue weighted by atomic mass is 9.82. The SMILES string of the molecule is Cc1ccc(CN(C)C(=O)CC2(C(=O)O)CCCC2)o1. The van der Waals surface area contributed by atoms with Gasteiger partial charge in [-0.3, -0.25) is 9.59 Å². The van der Waals surface area contributed by atoms with E-state index in [9.17, 15) is 14.7 Å². The van der Waals surface area contributed by atoms with E-state index in [-0.39, 0.29) is 12.3 Å². The molecule has 0 spiro atoms. The molecule has 1 aliphatic carbocycles. The van der Waals surface area contributed by atoms with E-state index < -0.39 is 11.4 Å². The second-order valence-corrected chi connectivity index (χ2v) is 5.73. The summed E-state index contributed by atoms with van der Waals surface area (Å²) in [7, 11) is 1.69. The van der Waals surface area contributed by atoms with Crippen LogP contribution in [0.5, 0.6) is 0 Å². The molecule has 1 aromatic heterocycles. The van der Waals surface area contributed by atoms with Crippen molar-refractivity contribution in [2.75, 3.05) is 7.05 Å². The second-order valence-electron chi connectivity index (χ2n) is 5.73. The van der Waals surface area contributed by atoms with Gasteiger partial charge in [0.05, 0.1) is 12.0 Å². The van der Waals surface area contributed by atoms with E-state index >= 15 is 0 Å². The minimum absolute atomic E-state index is 0.0819. The molecule has 0 radical (unpaired) electrons. The normalized spacial score (nSPS) is 17.1. The van der Waals surface area contributed by atoms with Gasteiger partial charge < -0.3 is 14.4 Å². The Hall–Kier alpha value is -1.78. The fourth-order valence-electron chi connectivity index (χ4n) is 2.83. The monoisotopic (exact) mass is 279 g/mol. The zero-order valence-electron chi connectivity index (χ0n) is 12.0. The van der Waals surface area contributed by atoms with Crippen molar-refractivity contribution in [3.63, 3.8) is 0 Å². The van der Waals surface area contributed by atoms with E-state index in [1.807, 2.05) is 19.1 Å². The Morgan fingerprint density at radius 2 is 2.00 bits per heavy atom. The van der Waals surface area contributed by atoms with Crippen LogP contribution in [0.2, 0.25) is 0 Å². The number of furan rings is 1. The maximum absolute atomic E-state index is 12.2. The number of carbonyl (C=O) groups excluding carboxylic acids is 1. The largest absolute Gasteiger partial charge is 0.481 e. The maximum Gasteiger partial charge on any atom is 0.310 e. The molecular formula is C15H21NO4. The molecule has 1 saturated carbocycles. The van der Waals surface area contributed by atoms with Crippen LogP contribution >= 0.6 is 0 Å². The van der Waals surface area contributed by atoms with Gasteiger partial charge >= 0.3 is 5.97 Å². The minimum atomic E-state index is -0.857. The molecule has 1 N–H and O–H groups in total. The van der Waals surface area contributed by atoms with Crippen LogP contribution in [0.3, 0.4) is 0 Å². The topological polar surface area (TPSA) is 70.8 Å². The molecule has 5 heteroatoms. The Kier molecular flexibility index (Phi) is 4.16. The van der Waals surface area contributed by atoms with Crippen LogP contribution in [-0.2, 0) is 16.1 Å². The van der Waals surface area contributed by atoms with Gasteiger partial charge in [0.25, 0.3) is 0 Å². The van der Waals surface area contributed by atoms with Gasteiger partial charge in [-0.15, -0.1) is 0 Å². The predicted molar refractivity (Wildman–Crippen MR) is 73.1 cm³/mol. The molecule has 1 aromatic rings. The first-order valence-corrected chi connectivity index (χ1v) is 6.96. The molecule has 1 fully saturated rings. The summed E-state index contributed by atoms with van der Waals surface area (Å²) in [4.78, 5) is 25.2. The van der Waals surface area contributed by atoms with Crippen LogP contribution in [0.15, 0.2) is 16.5 Å². The van der Waals surface area contributed by atoms with Gasteiger partial charge in [0, 0.05) is 13.5 Å². The Labute approximate surface area is 118 Å². The van der Waals surface area contributed by atoms with Crippen molar-refractivity contribution in [3.05, 3.63) is 23.7 Å². The van der Waals surface area contributed by atoms with Gasteiger partial charge in [0.2, 0.25) is 5.91 Å². The third-order valence-electron chi connectivity index (χ3n) is 4.12. The molecular weight excluding hydrogens is 258 g/mol. The average molecular weight is 279 g/mol. The molecule has 20 heavy (non-hydrogen) atoms. The number of carboxylic acids is 1. The fraction of sp³-hybridized carbons (Fsp3) is 0.600. The zero-order valence-corrected chi connectivity index (χ0v) is 12.0. The van der Waals surface area contributed by atoms with Crippen molar-refractivity contribution >= 4 is 11.9 Å². The molecule has 0 bridgehead atoms. The van der Waals surface area contributed by atoms with Gasteiger partial charge in [0.15, 0.2) is 0 Å². The molecule has 0 aliphatic heterocycles. The van der Waals surface area contributed by atoms with E-state index in [4.69, 9.17) is 4.42 Å². The Balaban J connectivity index is 1.98. The van der Waals surface area contributed by atoms with Crippen LogP contribution in [0.25, 0.3) is 0 Å². The molecule has 5 nitrogen and oxygen atoms in total. The second kappa shape index (κ2) is 5.69. The number of amides is 1. The molecule has 2 rings (SSSR count). The number of hydrogen-bond acceptors (Lipinski definition) is 3. The van der Waals surface area contributed by atoms with E-state index in [0.29, 0.717) is 25.1 Å². The third kappa shape index (κ3) is 3.03. The van der Waals surface area contributed by atoms with Gasteiger partial charge in [-0.2, -0.15) is 0 Å². The van der Waals surface area contributed by atoms with E-state index in [1.54, 1.807) is 11.9 Å². The summed E-state index contributed by atoms with van der Waals surface area (Å²) >= 11 is 0. The van der Waals surface area contributed by atoms with Gasteiger partial charge in [0.1, 0.15) is 11.5 Å². The zero-order chi connectivity index (χ0) is 14.8. The first kappa shape index (κ1) is 14.6. The quantitative estimate of drug-likeness (QED) is 0.899. The van der Waals surface area contributed by atoms with Crippen LogP contribution in [0.1, 0.15) is 43.6 Å². The highest BCUT2D eigenvalue weighted by atomic mass is 16.4. The first-order chi connectivity index (χ1) is 9.43. The van der Waals surface area contributed by atoms with E-state index in [1.165, 1.54) is 0 Å². The smallest absolute Gasteiger partial charge is 0.310 e. The van der Waals surface area contributed by atoms with E-state index in [0.717, 1.165) is 18.6 Å². The molecule has 0 aromatic carbocycles. The summed E-state index contributed by atoms with van der Waals surface area (Å²) in [6, 6.07) is 3.69. The number of nitrogens with zero attached hydrogens (tertiary/aromatic N) is 1. The lowest BCUT2D eigenvalue weighted by Gasteiger charge is -2.26. The highest BCUT2D eigenvalue weighted by molar-refractivity contribution is 5.85. The molecule has 110 valence electrons. The number of carbonyl (C=O) groups is 2. The number of rotatable bonds is 5. The molecule has 0 unspecified atom stereocenters. The standard InChI is InChI=1S/C15H21NO4/c1-11-5-6-12(20-11)10-16(2)13(17)9-15(14(18)19)7-3-4-8-15/h5-6H,3-4,7-10H2,1-2H3,(H,18,19). The van der Waals surface area contributed by atoms with Crippen LogP contribution < -0.4 is 0 Å². The lowest BCUT2D eigenvalue weighted by molar-refractivity contribution is -0.153. The summed E-state index contributed by atoms with van der Waals surface area (Å²) in [5.41, 5.74) is -0.857. The predicted octanol–water partition coefficient (Wildman–Crippen LogP) is 2.58. The van der Waals surface area contributed by atoms with Gasteiger partial charge in [-0.25, -0.2) is 0 Å². The highest BCUT2D eigenvalue weighted by Crippen LogP contribution is 2.41. The average Bonchev–Trinajstić information content (AvgIpc) is 2.99. The summed E-state index contributed by atoms with van der Waals surface area (Å²) in [5.74, 6) is 0.543. The lowest BCUT2D eigenvalue weighted by Crippen LogP contribution is -2.36. The summed E-state index contributed by atoms with van der Waals surface area (Å²) in [6.45, 7) is 2.23. The van der Waals surface area contributed by atoms with Crippen molar-refractivity contribution in [3.8, 4) is 0 Å². The summed E-state index contributed by atoms with van der Waals surface area (Å²) < 4.78 is 5.44. The molecule has 0 atom stereocenters. The van der Waals surface area contributed by atoms with Crippen LogP contribution in [-0.4, -0.2) is 28.9 Å².